The first-order valence-electron chi connectivity index (χ1n) is 9.65. The van der Waals surface area contributed by atoms with Crippen molar-refractivity contribution in [1.82, 2.24) is 20.5 Å². The molecular weight excluding hydrogens is 371 g/mol. The molecule has 0 spiro atoms. The van der Waals surface area contributed by atoms with Gasteiger partial charge in [0.05, 0.1) is 12.1 Å². The zero-order valence-electron chi connectivity index (χ0n) is 17.1. The molecule has 0 radical (unpaired) electrons. The molecule has 0 bridgehead atoms. The number of aliphatic imine (C=N–C) groups is 1. The van der Waals surface area contributed by atoms with Gasteiger partial charge in [0.2, 0.25) is 5.88 Å². The van der Waals surface area contributed by atoms with Crippen molar-refractivity contribution >= 4 is 5.96 Å². The normalized spacial score (nSPS) is 13.5. The van der Waals surface area contributed by atoms with Gasteiger partial charge in [0.25, 0.3) is 0 Å². The minimum absolute atomic E-state index is 0.155. The summed E-state index contributed by atoms with van der Waals surface area (Å²) in [7, 11) is 1.69. The van der Waals surface area contributed by atoms with Crippen LogP contribution in [0.2, 0.25) is 0 Å². The van der Waals surface area contributed by atoms with Crippen LogP contribution in [-0.4, -0.2) is 61.7 Å². The average molecular weight is 403 g/mol. The second-order valence-electron chi connectivity index (χ2n) is 6.44. The third kappa shape index (κ3) is 9.25. The van der Waals surface area contributed by atoms with E-state index in [4.69, 9.17) is 4.74 Å². The van der Waals surface area contributed by atoms with Gasteiger partial charge < -0.3 is 20.3 Å². The lowest BCUT2D eigenvalue weighted by molar-refractivity contribution is -0.137. The van der Waals surface area contributed by atoms with Gasteiger partial charge in [-0.25, -0.2) is 4.98 Å². The molecule has 0 aliphatic rings. The first-order chi connectivity index (χ1) is 13.3. The first-order valence-corrected chi connectivity index (χ1v) is 9.65. The maximum absolute atomic E-state index is 12.5. The number of rotatable bonds is 11. The van der Waals surface area contributed by atoms with E-state index < -0.39 is 11.7 Å². The number of nitrogens with one attached hydrogen (secondary N) is 2. The maximum Gasteiger partial charge on any atom is 0.417 e. The van der Waals surface area contributed by atoms with Crippen LogP contribution in [0.5, 0.6) is 5.88 Å². The van der Waals surface area contributed by atoms with E-state index in [1.165, 1.54) is 6.07 Å². The minimum atomic E-state index is -4.40. The van der Waals surface area contributed by atoms with Crippen LogP contribution in [-0.2, 0) is 6.18 Å². The van der Waals surface area contributed by atoms with Gasteiger partial charge >= 0.3 is 6.18 Å². The molecule has 1 rings (SSSR count). The van der Waals surface area contributed by atoms with Gasteiger partial charge in [-0.15, -0.1) is 0 Å². The molecule has 28 heavy (non-hydrogen) atoms. The van der Waals surface area contributed by atoms with Crippen molar-refractivity contribution in [2.24, 2.45) is 4.99 Å². The monoisotopic (exact) mass is 403 g/mol. The number of alkyl halides is 3. The molecule has 6 nitrogen and oxygen atoms in total. The lowest BCUT2D eigenvalue weighted by atomic mass is 10.2. The van der Waals surface area contributed by atoms with Crippen LogP contribution in [0.3, 0.4) is 0 Å². The zero-order chi connectivity index (χ0) is 21.0. The van der Waals surface area contributed by atoms with Crippen LogP contribution in [0.1, 0.15) is 39.2 Å². The number of hydrogen-bond acceptors (Lipinski definition) is 4. The van der Waals surface area contributed by atoms with E-state index in [2.05, 4.69) is 46.3 Å². The van der Waals surface area contributed by atoms with E-state index >= 15 is 0 Å². The lowest BCUT2D eigenvalue weighted by Crippen LogP contribution is -2.43. The summed E-state index contributed by atoms with van der Waals surface area (Å²) in [4.78, 5) is 10.2. The molecule has 0 saturated heterocycles. The molecule has 2 N–H and O–H groups in total. The van der Waals surface area contributed by atoms with E-state index in [1.54, 1.807) is 7.05 Å². The van der Waals surface area contributed by atoms with Gasteiger partial charge in [-0.1, -0.05) is 13.8 Å². The summed E-state index contributed by atoms with van der Waals surface area (Å²) < 4.78 is 42.9. The van der Waals surface area contributed by atoms with Gasteiger partial charge in [0, 0.05) is 25.4 Å². The molecule has 0 aliphatic heterocycles. The fourth-order valence-corrected chi connectivity index (χ4v) is 2.62. The van der Waals surface area contributed by atoms with Crippen LogP contribution >= 0.6 is 0 Å². The van der Waals surface area contributed by atoms with Gasteiger partial charge in [-0.05, 0) is 45.5 Å². The van der Waals surface area contributed by atoms with Crippen LogP contribution in [0.15, 0.2) is 23.3 Å². The van der Waals surface area contributed by atoms with Gasteiger partial charge in [-0.3, -0.25) is 4.99 Å². The molecule has 1 aromatic heterocycles. The summed E-state index contributed by atoms with van der Waals surface area (Å²) in [5, 5.41) is 6.45. The molecule has 0 amide bonds. The van der Waals surface area contributed by atoms with Gasteiger partial charge in [-0.2, -0.15) is 13.2 Å². The molecule has 160 valence electrons. The van der Waals surface area contributed by atoms with Crippen LogP contribution < -0.4 is 15.4 Å². The lowest BCUT2D eigenvalue weighted by Gasteiger charge is -2.21. The van der Waals surface area contributed by atoms with E-state index in [0.29, 0.717) is 12.5 Å². The molecule has 1 heterocycles. The Kier molecular flexibility index (Phi) is 10.7. The SMILES string of the molecule is CCN(CC)CCCC(C)NC(=NC)NCCOc1ccc(C(F)(F)F)cn1. The molecule has 1 unspecified atom stereocenters. The fraction of sp³-hybridized carbons (Fsp3) is 0.684. The zero-order valence-corrected chi connectivity index (χ0v) is 17.1. The number of hydrogen-bond donors (Lipinski definition) is 2. The Morgan fingerprint density at radius 2 is 2.00 bits per heavy atom. The number of ether oxygens (including phenoxy) is 1. The van der Waals surface area contributed by atoms with E-state index in [0.717, 1.165) is 44.7 Å². The first kappa shape index (κ1) is 24.0. The van der Waals surface area contributed by atoms with E-state index in [1.807, 2.05) is 0 Å². The van der Waals surface area contributed by atoms with Crippen molar-refractivity contribution in [1.29, 1.82) is 0 Å². The Morgan fingerprint density at radius 3 is 2.54 bits per heavy atom. The number of nitrogens with zero attached hydrogens (tertiary/aromatic N) is 3. The number of halogens is 3. The Labute approximate surface area is 165 Å². The highest BCUT2D eigenvalue weighted by Crippen LogP contribution is 2.29. The van der Waals surface area contributed by atoms with Crippen LogP contribution in [0.25, 0.3) is 0 Å². The third-order valence-corrected chi connectivity index (χ3v) is 4.32. The van der Waals surface area contributed by atoms with Crippen molar-refractivity contribution < 1.29 is 17.9 Å². The molecule has 1 aromatic rings. The second-order valence-corrected chi connectivity index (χ2v) is 6.44. The summed E-state index contributed by atoms with van der Waals surface area (Å²) in [5.41, 5.74) is -0.794. The smallest absolute Gasteiger partial charge is 0.417 e. The summed E-state index contributed by atoms with van der Waals surface area (Å²) in [6.45, 7) is 10.4. The Hall–Kier alpha value is -2.03. The predicted octanol–water partition coefficient (Wildman–Crippen LogP) is 3.15. The van der Waals surface area contributed by atoms with E-state index in [9.17, 15) is 13.2 Å². The molecule has 0 aliphatic carbocycles. The van der Waals surface area contributed by atoms with Crippen molar-refractivity contribution in [3.05, 3.63) is 23.9 Å². The predicted molar refractivity (Wildman–Crippen MR) is 106 cm³/mol. The summed E-state index contributed by atoms with van der Waals surface area (Å²) in [6.07, 6.45) is -1.49. The average Bonchev–Trinajstić information content (AvgIpc) is 2.67. The van der Waals surface area contributed by atoms with Crippen molar-refractivity contribution in [2.45, 2.75) is 45.8 Å². The summed E-state index contributed by atoms with van der Waals surface area (Å²) in [6, 6.07) is 2.45. The van der Waals surface area contributed by atoms with Gasteiger partial charge in [0.1, 0.15) is 6.61 Å². The molecular formula is C19H32F3N5O. The van der Waals surface area contributed by atoms with Gasteiger partial charge in [0.15, 0.2) is 5.96 Å². The molecule has 9 heteroatoms. The van der Waals surface area contributed by atoms with Crippen LogP contribution in [0.4, 0.5) is 13.2 Å². The fourth-order valence-electron chi connectivity index (χ4n) is 2.62. The summed E-state index contributed by atoms with van der Waals surface area (Å²) >= 11 is 0. The van der Waals surface area contributed by atoms with Crippen molar-refractivity contribution in [3.63, 3.8) is 0 Å². The van der Waals surface area contributed by atoms with Crippen molar-refractivity contribution in [2.75, 3.05) is 39.8 Å². The molecule has 1 atom stereocenters. The highest BCUT2D eigenvalue weighted by molar-refractivity contribution is 5.79. The highest BCUT2D eigenvalue weighted by atomic mass is 19.4. The molecule has 0 aromatic carbocycles. The standard InChI is InChI=1S/C19H32F3N5O/c1-5-27(6-2)12-7-8-15(3)26-18(23-4)24-11-13-28-17-10-9-16(14-25-17)19(20,21)22/h9-10,14-15H,5-8,11-13H2,1-4H3,(H2,23,24,26). The van der Waals surface area contributed by atoms with Crippen molar-refractivity contribution in [3.8, 4) is 5.88 Å². The number of guanidine groups is 1. The summed E-state index contributed by atoms with van der Waals surface area (Å²) in [5.74, 6) is 0.821. The highest BCUT2D eigenvalue weighted by Gasteiger charge is 2.30. The largest absolute Gasteiger partial charge is 0.476 e. The quantitative estimate of drug-likeness (QED) is 0.338. The molecule has 0 fully saturated rings. The van der Waals surface area contributed by atoms with E-state index in [-0.39, 0.29) is 18.5 Å². The number of aromatic nitrogens is 1. The minimum Gasteiger partial charge on any atom is -0.476 e. The molecule has 0 saturated carbocycles. The second kappa shape index (κ2) is 12.4. The Balaban J connectivity index is 2.27. The van der Waals surface area contributed by atoms with Crippen LogP contribution in [0, 0.1) is 0 Å². The maximum atomic E-state index is 12.5. The topological polar surface area (TPSA) is 61.8 Å². The third-order valence-electron chi connectivity index (χ3n) is 4.32. The Bertz CT molecular complexity index is 574. The Morgan fingerprint density at radius 1 is 1.29 bits per heavy atom. The number of pyridine rings is 1.